The first-order valence-electron chi connectivity index (χ1n) is 12.8. The average Bonchev–Trinajstić information content (AvgIpc) is 2.92. The molecule has 2 aliphatic rings. The Morgan fingerprint density at radius 3 is 2.68 bits per heavy atom. The number of carbonyl (C=O) groups excluding carboxylic acids is 3. The number of amides is 3. The first-order chi connectivity index (χ1) is 18.0. The molecule has 0 spiro atoms. The van der Waals surface area contributed by atoms with Gasteiger partial charge in [-0.25, -0.2) is 0 Å². The monoisotopic (exact) mass is 505 g/mol. The summed E-state index contributed by atoms with van der Waals surface area (Å²) in [4.78, 5) is 42.8. The quantitative estimate of drug-likeness (QED) is 0.482. The maximum Gasteiger partial charge on any atom is 0.254 e. The minimum Gasteiger partial charge on any atom is -0.489 e. The van der Waals surface area contributed by atoms with Crippen molar-refractivity contribution in [2.24, 2.45) is 11.8 Å². The summed E-state index contributed by atoms with van der Waals surface area (Å²) in [7, 11) is 1.60. The van der Waals surface area contributed by atoms with E-state index < -0.39 is 0 Å². The van der Waals surface area contributed by atoms with Crippen molar-refractivity contribution in [1.29, 1.82) is 0 Å². The van der Waals surface area contributed by atoms with E-state index >= 15 is 0 Å². The lowest BCUT2D eigenvalue weighted by Gasteiger charge is -2.38. The molecule has 0 aliphatic carbocycles. The van der Waals surface area contributed by atoms with Crippen LogP contribution < -0.4 is 10.1 Å². The molecule has 8 nitrogen and oxygen atoms in total. The Labute approximate surface area is 218 Å². The van der Waals surface area contributed by atoms with Crippen LogP contribution in [0.4, 0.5) is 0 Å². The Hall–Kier alpha value is -3.65. The Bertz CT molecular complexity index is 1100. The predicted octanol–water partition coefficient (Wildman–Crippen LogP) is 2.90. The van der Waals surface area contributed by atoms with Crippen LogP contribution in [-0.4, -0.2) is 74.0 Å². The zero-order valence-corrected chi connectivity index (χ0v) is 21.3. The van der Waals surface area contributed by atoms with Crippen molar-refractivity contribution in [3.8, 4) is 5.75 Å². The van der Waals surface area contributed by atoms with Crippen molar-refractivity contribution in [3.63, 3.8) is 0 Å². The van der Waals surface area contributed by atoms with Crippen molar-refractivity contribution in [2.45, 2.75) is 19.4 Å². The standard InChI is InChI=1S/C29H35N3O5/c1-36-17-14-30-27(33)18-23-13-15-31-19-24(23)11-7-16-37-26-12-6-5-10-25(26)20-32(21-28(31)34)29(35)22-8-3-2-4-9-22/h2-12,23-24H,13-21H2,1H3,(H,30,33)/b11-7-/t23-,24-/m0/s1. The number of nitrogens with zero attached hydrogens (tertiary/aromatic N) is 2. The van der Waals surface area contributed by atoms with E-state index in [1.165, 1.54) is 0 Å². The number of hydrogen-bond acceptors (Lipinski definition) is 5. The summed E-state index contributed by atoms with van der Waals surface area (Å²) in [6.45, 7) is 2.61. The van der Waals surface area contributed by atoms with E-state index in [1.807, 2.05) is 53.4 Å². The highest BCUT2D eigenvalue weighted by Gasteiger charge is 2.33. The van der Waals surface area contributed by atoms with E-state index in [4.69, 9.17) is 9.47 Å². The zero-order chi connectivity index (χ0) is 26.0. The molecule has 2 aromatic rings. The topological polar surface area (TPSA) is 88.2 Å². The maximum absolute atomic E-state index is 13.5. The Morgan fingerprint density at radius 1 is 1.08 bits per heavy atom. The molecule has 0 radical (unpaired) electrons. The second-order valence-corrected chi connectivity index (χ2v) is 9.47. The third kappa shape index (κ3) is 7.20. The molecule has 0 unspecified atom stereocenters. The molecule has 2 atom stereocenters. The number of nitrogens with one attached hydrogen (secondary N) is 1. The highest BCUT2D eigenvalue weighted by atomic mass is 16.5. The van der Waals surface area contributed by atoms with Gasteiger partial charge in [0.25, 0.3) is 5.91 Å². The van der Waals surface area contributed by atoms with Gasteiger partial charge in [-0.1, -0.05) is 48.6 Å². The van der Waals surface area contributed by atoms with Crippen LogP contribution >= 0.6 is 0 Å². The van der Waals surface area contributed by atoms with E-state index in [0.717, 1.165) is 5.56 Å². The molecule has 4 rings (SSSR count). The zero-order valence-electron chi connectivity index (χ0n) is 21.3. The predicted molar refractivity (Wildman–Crippen MR) is 140 cm³/mol. The largest absolute Gasteiger partial charge is 0.489 e. The molecule has 1 fully saturated rings. The molecule has 2 bridgehead atoms. The minimum absolute atomic E-state index is 0.0112. The summed E-state index contributed by atoms with van der Waals surface area (Å²) in [5.41, 5.74) is 1.38. The Balaban J connectivity index is 1.56. The van der Waals surface area contributed by atoms with Crippen LogP contribution in [0, 0.1) is 11.8 Å². The third-order valence-corrected chi connectivity index (χ3v) is 6.92. The van der Waals surface area contributed by atoms with Crippen molar-refractivity contribution in [1.82, 2.24) is 15.1 Å². The summed E-state index contributed by atoms with van der Waals surface area (Å²) in [6, 6.07) is 16.6. The van der Waals surface area contributed by atoms with Gasteiger partial charge in [-0.05, 0) is 36.5 Å². The van der Waals surface area contributed by atoms with E-state index in [2.05, 4.69) is 11.4 Å². The van der Waals surface area contributed by atoms with E-state index in [-0.39, 0.29) is 42.6 Å². The first-order valence-corrected chi connectivity index (χ1v) is 12.8. The molecule has 1 N–H and O–H groups in total. The number of methoxy groups -OCH3 is 1. The summed E-state index contributed by atoms with van der Waals surface area (Å²) in [5, 5.41) is 2.90. The van der Waals surface area contributed by atoms with Gasteiger partial charge in [0, 0.05) is 44.3 Å². The molecular formula is C29H35N3O5. The highest BCUT2D eigenvalue weighted by Crippen LogP contribution is 2.29. The van der Waals surface area contributed by atoms with Gasteiger partial charge in [0.15, 0.2) is 0 Å². The van der Waals surface area contributed by atoms with Crippen LogP contribution in [0.15, 0.2) is 66.7 Å². The molecular weight excluding hydrogens is 470 g/mol. The van der Waals surface area contributed by atoms with Gasteiger partial charge in [-0.3, -0.25) is 14.4 Å². The number of ether oxygens (including phenoxy) is 2. The van der Waals surface area contributed by atoms with Gasteiger partial charge >= 0.3 is 0 Å². The SMILES string of the molecule is COCCNC(=O)C[C@@H]1CCN2C[C@@H]1/C=C\COc1ccccc1CN(C(=O)c1ccccc1)CC2=O. The number of piperidine rings is 1. The minimum atomic E-state index is -0.198. The fraction of sp³-hybridized carbons (Fsp3) is 0.414. The molecule has 1 saturated heterocycles. The molecule has 37 heavy (non-hydrogen) atoms. The van der Waals surface area contributed by atoms with Crippen molar-refractivity contribution >= 4 is 17.7 Å². The maximum atomic E-state index is 13.5. The van der Waals surface area contributed by atoms with Crippen molar-refractivity contribution in [2.75, 3.05) is 46.5 Å². The Kier molecular flexibility index (Phi) is 9.32. The lowest BCUT2D eigenvalue weighted by Crippen LogP contribution is -2.48. The second-order valence-electron chi connectivity index (χ2n) is 9.47. The second kappa shape index (κ2) is 13.1. The van der Waals surface area contributed by atoms with E-state index in [1.54, 1.807) is 24.1 Å². The number of fused-ring (bicyclic) bond motifs is 3. The first kappa shape index (κ1) is 26.4. The lowest BCUT2D eigenvalue weighted by atomic mass is 9.82. The molecule has 0 aromatic heterocycles. The number of rotatable bonds is 6. The Morgan fingerprint density at radius 2 is 1.86 bits per heavy atom. The molecule has 2 heterocycles. The fourth-order valence-electron chi connectivity index (χ4n) is 4.91. The van der Waals surface area contributed by atoms with Gasteiger partial charge in [0.2, 0.25) is 11.8 Å². The molecule has 2 aromatic carbocycles. The van der Waals surface area contributed by atoms with Crippen LogP contribution in [0.2, 0.25) is 0 Å². The van der Waals surface area contributed by atoms with Gasteiger partial charge in [0.1, 0.15) is 18.9 Å². The third-order valence-electron chi connectivity index (χ3n) is 6.92. The number of hydrogen-bond donors (Lipinski definition) is 1. The van der Waals surface area contributed by atoms with Crippen LogP contribution in [0.5, 0.6) is 5.75 Å². The smallest absolute Gasteiger partial charge is 0.254 e. The molecule has 0 saturated carbocycles. The summed E-state index contributed by atoms with van der Waals surface area (Å²) < 4.78 is 11.1. The summed E-state index contributed by atoms with van der Waals surface area (Å²) in [5.74, 6) is 0.510. The summed E-state index contributed by atoms with van der Waals surface area (Å²) in [6.07, 6.45) is 5.14. The highest BCUT2D eigenvalue weighted by molar-refractivity contribution is 5.96. The van der Waals surface area contributed by atoms with Crippen LogP contribution in [0.25, 0.3) is 0 Å². The molecule has 8 heteroatoms. The number of para-hydroxylation sites is 1. The fourth-order valence-corrected chi connectivity index (χ4v) is 4.91. The van der Waals surface area contributed by atoms with Gasteiger partial charge < -0.3 is 24.6 Å². The normalized spacial score (nSPS) is 20.9. The molecule has 2 aliphatic heterocycles. The van der Waals surface area contributed by atoms with Gasteiger partial charge in [-0.2, -0.15) is 0 Å². The van der Waals surface area contributed by atoms with Crippen LogP contribution in [0.3, 0.4) is 0 Å². The average molecular weight is 506 g/mol. The van der Waals surface area contributed by atoms with Gasteiger partial charge in [0.05, 0.1) is 13.2 Å². The van der Waals surface area contributed by atoms with Crippen molar-refractivity contribution < 1.29 is 23.9 Å². The summed E-state index contributed by atoms with van der Waals surface area (Å²) >= 11 is 0. The molecule has 196 valence electrons. The number of benzene rings is 2. The van der Waals surface area contributed by atoms with E-state index in [9.17, 15) is 14.4 Å². The van der Waals surface area contributed by atoms with Crippen LogP contribution in [0.1, 0.15) is 28.8 Å². The lowest BCUT2D eigenvalue weighted by molar-refractivity contribution is -0.134. The molecule has 3 amide bonds. The van der Waals surface area contributed by atoms with Gasteiger partial charge in [-0.15, -0.1) is 0 Å². The number of carbonyl (C=O) groups is 3. The van der Waals surface area contributed by atoms with Crippen LogP contribution in [-0.2, 0) is 20.9 Å². The van der Waals surface area contributed by atoms with E-state index in [0.29, 0.717) is 57.0 Å². The van der Waals surface area contributed by atoms with Crippen molar-refractivity contribution in [3.05, 3.63) is 77.9 Å².